The van der Waals surface area contributed by atoms with Gasteiger partial charge in [-0.25, -0.2) is 4.39 Å². The Bertz CT molecular complexity index is 961. The monoisotopic (exact) mass is 354 g/mol. The molecule has 3 aromatic rings. The van der Waals surface area contributed by atoms with Gasteiger partial charge >= 0.3 is 0 Å². The molecule has 0 aliphatic heterocycles. The fourth-order valence-electron chi connectivity index (χ4n) is 2.87. The van der Waals surface area contributed by atoms with Crippen LogP contribution in [0.2, 0.25) is 0 Å². The van der Waals surface area contributed by atoms with Gasteiger partial charge in [0.05, 0.1) is 24.2 Å². The third-order valence-electron chi connectivity index (χ3n) is 4.18. The summed E-state index contributed by atoms with van der Waals surface area (Å²) in [7, 11) is 1.41. The van der Waals surface area contributed by atoms with Crippen LogP contribution in [0.4, 0.5) is 10.1 Å². The molecule has 2 aromatic carbocycles. The molecule has 0 saturated carbocycles. The number of methoxy groups -OCH3 is 1. The molecular weight excluding hydrogens is 335 g/mol. The topological polar surface area (TPSA) is 103 Å². The number of rotatable bonds is 6. The van der Waals surface area contributed by atoms with Crippen LogP contribution in [0.15, 0.2) is 48.7 Å². The zero-order valence-corrected chi connectivity index (χ0v) is 14.2. The van der Waals surface area contributed by atoms with Gasteiger partial charge in [0, 0.05) is 23.8 Å². The van der Waals surface area contributed by atoms with Crippen LogP contribution in [0.5, 0.6) is 5.75 Å². The summed E-state index contributed by atoms with van der Waals surface area (Å²) in [5.41, 5.74) is 13.6. The molecule has 1 aromatic heterocycles. The number of aromatic nitrogens is 1. The van der Waals surface area contributed by atoms with Gasteiger partial charge in [-0.05, 0) is 29.8 Å². The van der Waals surface area contributed by atoms with Crippen molar-refractivity contribution in [2.45, 2.75) is 6.04 Å². The summed E-state index contributed by atoms with van der Waals surface area (Å²) in [6.07, 6.45) is 1.58. The van der Waals surface area contributed by atoms with E-state index in [1.165, 1.54) is 13.2 Å². The van der Waals surface area contributed by atoms with Crippen LogP contribution in [0.1, 0.15) is 22.0 Å². The van der Waals surface area contributed by atoms with Crippen molar-refractivity contribution in [3.05, 3.63) is 65.6 Å². The number of para-hydroxylation sites is 1. The minimum absolute atomic E-state index is 0.171. The molecule has 0 aliphatic carbocycles. The number of nitrogens with zero attached hydrogens (tertiary/aromatic N) is 1. The van der Waals surface area contributed by atoms with Gasteiger partial charge in [-0.2, -0.15) is 0 Å². The Labute approximate surface area is 150 Å². The third kappa shape index (κ3) is 3.29. The lowest BCUT2D eigenvalue weighted by Gasteiger charge is -2.20. The molecule has 0 saturated heterocycles. The number of ether oxygens (including phenoxy) is 1. The van der Waals surface area contributed by atoms with E-state index in [0.717, 1.165) is 11.1 Å². The molecule has 0 radical (unpaired) electrons. The molecule has 26 heavy (non-hydrogen) atoms. The Morgan fingerprint density at radius 3 is 2.77 bits per heavy atom. The van der Waals surface area contributed by atoms with Crippen molar-refractivity contribution in [1.29, 1.82) is 0 Å². The van der Waals surface area contributed by atoms with E-state index in [-0.39, 0.29) is 18.3 Å². The highest BCUT2D eigenvalue weighted by Gasteiger charge is 2.15. The second-order valence-corrected chi connectivity index (χ2v) is 5.75. The van der Waals surface area contributed by atoms with Crippen LogP contribution < -0.4 is 21.5 Å². The van der Waals surface area contributed by atoms with Crippen molar-refractivity contribution in [2.24, 2.45) is 11.5 Å². The summed E-state index contributed by atoms with van der Waals surface area (Å²) in [4.78, 5) is 15.9. The first-order valence-corrected chi connectivity index (χ1v) is 8.02. The molecule has 0 unspecified atom stereocenters. The van der Waals surface area contributed by atoms with Crippen molar-refractivity contribution in [2.75, 3.05) is 19.0 Å². The minimum Gasteiger partial charge on any atom is -0.494 e. The molecule has 1 heterocycles. The summed E-state index contributed by atoms with van der Waals surface area (Å²) < 4.78 is 19.0. The predicted octanol–water partition coefficient (Wildman–Crippen LogP) is 2.59. The lowest BCUT2D eigenvalue weighted by molar-refractivity contribution is 0.100. The first kappa shape index (κ1) is 17.6. The van der Waals surface area contributed by atoms with Crippen LogP contribution >= 0.6 is 0 Å². The molecule has 0 aliphatic rings. The molecule has 1 amide bonds. The molecule has 1 atom stereocenters. The van der Waals surface area contributed by atoms with Gasteiger partial charge in [0.2, 0.25) is 0 Å². The highest BCUT2D eigenvalue weighted by molar-refractivity contribution is 6.07. The van der Waals surface area contributed by atoms with E-state index in [1.54, 1.807) is 36.5 Å². The number of hydrogen-bond acceptors (Lipinski definition) is 5. The predicted molar refractivity (Wildman–Crippen MR) is 98.6 cm³/mol. The zero-order valence-electron chi connectivity index (χ0n) is 14.2. The summed E-state index contributed by atoms with van der Waals surface area (Å²) in [5, 5.41) is 4.03. The number of hydrogen-bond donors (Lipinski definition) is 3. The Balaban J connectivity index is 2.00. The third-order valence-corrected chi connectivity index (χ3v) is 4.18. The number of nitrogens with one attached hydrogen (secondary N) is 1. The van der Waals surface area contributed by atoms with Crippen molar-refractivity contribution >= 4 is 22.5 Å². The molecule has 0 spiro atoms. The number of carbonyl (C=O) groups excluding carboxylic acids is 1. The second kappa shape index (κ2) is 7.37. The molecule has 0 fully saturated rings. The highest BCUT2D eigenvalue weighted by atomic mass is 19.1. The van der Waals surface area contributed by atoms with E-state index in [4.69, 9.17) is 16.2 Å². The summed E-state index contributed by atoms with van der Waals surface area (Å²) >= 11 is 0. The molecule has 0 bridgehead atoms. The number of primary amides is 1. The number of benzene rings is 2. The Morgan fingerprint density at radius 1 is 1.31 bits per heavy atom. The largest absolute Gasteiger partial charge is 0.494 e. The van der Waals surface area contributed by atoms with Gasteiger partial charge in [0.1, 0.15) is 0 Å². The van der Waals surface area contributed by atoms with Gasteiger partial charge in [0.15, 0.2) is 11.6 Å². The normalized spacial score (nSPS) is 12.0. The number of anilines is 1. The van der Waals surface area contributed by atoms with Crippen molar-refractivity contribution in [3.63, 3.8) is 0 Å². The van der Waals surface area contributed by atoms with E-state index < -0.39 is 11.7 Å². The maximum Gasteiger partial charge on any atom is 0.250 e. The van der Waals surface area contributed by atoms with Crippen LogP contribution in [0, 0.1) is 5.82 Å². The Hall–Kier alpha value is -3.19. The zero-order chi connectivity index (χ0) is 18.7. The van der Waals surface area contributed by atoms with Gasteiger partial charge in [0.25, 0.3) is 5.91 Å². The van der Waals surface area contributed by atoms with Crippen molar-refractivity contribution in [3.8, 4) is 5.75 Å². The van der Waals surface area contributed by atoms with Crippen molar-refractivity contribution < 1.29 is 13.9 Å². The molecular formula is C19H19FN4O2. The maximum atomic E-state index is 14.0. The number of amides is 1. The molecule has 134 valence electrons. The fourth-order valence-corrected chi connectivity index (χ4v) is 2.87. The SMILES string of the molecule is COc1ccc([C@@H](CN)Nc2ccnc3c(C(N)=O)cccc23)cc1F. The minimum atomic E-state index is -0.548. The summed E-state index contributed by atoms with van der Waals surface area (Å²) in [5.74, 6) is -0.835. The van der Waals surface area contributed by atoms with Crippen molar-refractivity contribution in [1.82, 2.24) is 4.98 Å². The fraction of sp³-hybridized carbons (Fsp3) is 0.158. The number of halogens is 1. The molecule has 3 rings (SSSR count). The maximum absolute atomic E-state index is 14.0. The lowest BCUT2D eigenvalue weighted by Crippen LogP contribution is -2.21. The van der Waals surface area contributed by atoms with Gasteiger partial charge in [-0.1, -0.05) is 18.2 Å². The van der Waals surface area contributed by atoms with E-state index in [0.29, 0.717) is 16.6 Å². The Kier molecular flexibility index (Phi) is 4.99. The van der Waals surface area contributed by atoms with E-state index >= 15 is 0 Å². The molecule has 5 N–H and O–H groups in total. The number of fused-ring (bicyclic) bond motifs is 1. The van der Waals surface area contributed by atoms with Crippen LogP contribution in [0.3, 0.4) is 0 Å². The lowest BCUT2D eigenvalue weighted by atomic mass is 10.0. The number of nitrogens with two attached hydrogens (primary N) is 2. The average Bonchev–Trinajstić information content (AvgIpc) is 2.65. The van der Waals surface area contributed by atoms with Gasteiger partial charge < -0.3 is 21.5 Å². The highest BCUT2D eigenvalue weighted by Crippen LogP contribution is 2.29. The quantitative estimate of drug-likeness (QED) is 0.631. The first-order valence-electron chi connectivity index (χ1n) is 8.02. The summed E-state index contributed by atoms with van der Waals surface area (Å²) in [6, 6.07) is 11.3. The average molecular weight is 354 g/mol. The Morgan fingerprint density at radius 2 is 2.12 bits per heavy atom. The number of carbonyl (C=O) groups is 1. The van der Waals surface area contributed by atoms with Gasteiger partial charge in [-0.3, -0.25) is 9.78 Å². The van der Waals surface area contributed by atoms with E-state index in [9.17, 15) is 9.18 Å². The number of pyridine rings is 1. The standard InChI is InChI=1S/C19H19FN4O2/c1-26-17-6-5-11(9-14(17)20)16(10-21)24-15-7-8-23-18-12(15)3-2-4-13(18)19(22)25/h2-9,16H,10,21H2,1H3,(H2,22,25)(H,23,24)/t16-/m1/s1. The van der Waals surface area contributed by atoms with Gasteiger partial charge in [-0.15, -0.1) is 0 Å². The van der Waals surface area contributed by atoms with Crippen LogP contribution in [-0.4, -0.2) is 24.5 Å². The van der Waals surface area contributed by atoms with E-state index in [1.807, 2.05) is 6.07 Å². The second-order valence-electron chi connectivity index (χ2n) is 5.75. The van der Waals surface area contributed by atoms with Crippen LogP contribution in [0.25, 0.3) is 10.9 Å². The molecule has 6 nitrogen and oxygen atoms in total. The van der Waals surface area contributed by atoms with E-state index in [2.05, 4.69) is 10.3 Å². The summed E-state index contributed by atoms with van der Waals surface area (Å²) in [6.45, 7) is 0.241. The van der Waals surface area contributed by atoms with Crippen LogP contribution in [-0.2, 0) is 0 Å². The molecule has 7 heteroatoms. The smallest absolute Gasteiger partial charge is 0.250 e. The first-order chi connectivity index (χ1) is 12.5.